The number of esters is 1. The molecule has 190 valence electrons. The third-order valence-electron chi connectivity index (χ3n) is 11.1. The minimum absolute atomic E-state index is 0.116. The van der Waals surface area contributed by atoms with Gasteiger partial charge in [-0.25, -0.2) is 0 Å². The van der Waals surface area contributed by atoms with Crippen molar-refractivity contribution >= 4 is 5.97 Å². The van der Waals surface area contributed by atoms with Crippen LogP contribution in [0.3, 0.4) is 0 Å². The standard InChI is InChI=1S/C29H50O4/c1-18(2)8-7-9-19(3)24-12-13-25-23-17-28(6,31)29(32)16-21(33-20(4)30)10-11-26(29)22(23)14-15-27(24,25)5/h18-19,21-26,31-32H,7-17H2,1-6H3/t19-,21+,22+,23-,24-,25+,26-,27-,28+,29-/m1/s1. The van der Waals surface area contributed by atoms with Gasteiger partial charge in [-0.15, -0.1) is 0 Å². The molecule has 0 bridgehead atoms. The molecule has 0 amide bonds. The van der Waals surface area contributed by atoms with E-state index in [1.54, 1.807) is 0 Å². The van der Waals surface area contributed by atoms with Crippen LogP contribution in [0.4, 0.5) is 0 Å². The Morgan fingerprint density at radius 3 is 2.30 bits per heavy atom. The number of carbonyl (C=O) groups is 1. The fourth-order valence-corrected chi connectivity index (χ4v) is 9.50. The summed E-state index contributed by atoms with van der Waals surface area (Å²) in [6.45, 7) is 13.0. The van der Waals surface area contributed by atoms with Gasteiger partial charge < -0.3 is 14.9 Å². The molecule has 0 spiro atoms. The second-order valence-corrected chi connectivity index (χ2v) is 13.5. The molecular weight excluding hydrogens is 412 g/mol. The first-order valence-corrected chi connectivity index (χ1v) is 14.0. The van der Waals surface area contributed by atoms with Crippen molar-refractivity contribution in [2.75, 3.05) is 0 Å². The van der Waals surface area contributed by atoms with Crippen LogP contribution in [-0.2, 0) is 9.53 Å². The number of aliphatic hydroxyl groups is 2. The van der Waals surface area contributed by atoms with Gasteiger partial charge in [-0.1, -0.05) is 47.0 Å². The molecule has 0 unspecified atom stereocenters. The highest BCUT2D eigenvalue weighted by atomic mass is 16.5. The largest absolute Gasteiger partial charge is 0.462 e. The lowest BCUT2D eigenvalue weighted by molar-refractivity contribution is -0.265. The molecule has 33 heavy (non-hydrogen) atoms. The first-order valence-electron chi connectivity index (χ1n) is 14.0. The van der Waals surface area contributed by atoms with Crippen molar-refractivity contribution in [3.63, 3.8) is 0 Å². The molecule has 4 aliphatic carbocycles. The van der Waals surface area contributed by atoms with Crippen LogP contribution in [-0.4, -0.2) is 33.5 Å². The van der Waals surface area contributed by atoms with E-state index in [2.05, 4.69) is 27.7 Å². The molecule has 0 aromatic rings. The SMILES string of the molecule is CC(=O)O[C@H]1CC[C@@H]2[C@H]3CC[C@]4(C)[C@@H]([C@H](C)CCCC(C)C)CC[C@H]4[C@@H]3C[C@](C)(O)[C@@]2(O)C1. The fourth-order valence-electron chi connectivity index (χ4n) is 9.50. The van der Waals surface area contributed by atoms with E-state index in [-0.39, 0.29) is 18.0 Å². The Labute approximate surface area is 202 Å². The Morgan fingerprint density at radius 1 is 0.939 bits per heavy atom. The first kappa shape index (κ1) is 25.5. The Kier molecular flexibility index (Phi) is 7.04. The Hall–Kier alpha value is -0.610. The van der Waals surface area contributed by atoms with E-state index in [9.17, 15) is 15.0 Å². The Balaban J connectivity index is 1.51. The third-order valence-corrected chi connectivity index (χ3v) is 11.1. The van der Waals surface area contributed by atoms with Crippen molar-refractivity contribution in [3.05, 3.63) is 0 Å². The zero-order valence-electron chi connectivity index (χ0n) is 22.1. The second kappa shape index (κ2) is 9.12. The normalized spacial score (nSPS) is 48.0. The third kappa shape index (κ3) is 4.41. The molecule has 0 radical (unpaired) electrons. The maximum atomic E-state index is 11.9. The zero-order valence-corrected chi connectivity index (χ0v) is 22.1. The van der Waals surface area contributed by atoms with Gasteiger partial charge in [0.25, 0.3) is 0 Å². The minimum atomic E-state index is -1.15. The summed E-state index contributed by atoms with van der Waals surface area (Å²) in [5.74, 6) is 3.84. The van der Waals surface area contributed by atoms with E-state index in [4.69, 9.17) is 4.74 Å². The highest BCUT2D eigenvalue weighted by Crippen LogP contribution is 2.67. The lowest BCUT2D eigenvalue weighted by Gasteiger charge is -2.63. The van der Waals surface area contributed by atoms with Gasteiger partial charge in [-0.2, -0.15) is 0 Å². The number of rotatable bonds is 6. The number of fused-ring (bicyclic) bond motifs is 5. The highest BCUT2D eigenvalue weighted by Gasteiger charge is 2.66. The van der Waals surface area contributed by atoms with E-state index in [0.29, 0.717) is 36.0 Å². The molecule has 4 fully saturated rings. The zero-order chi connectivity index (χ0) is 24.2. The van der Waals surface area contributed by atoms with Crippen LogP contribution in [0.25, 0.3) is 0 Å². The van der Waals surface area contributed by atoms with Crippen molar-refractivity contribution in [1.82, 2.24) is 0 Å². The van der Waals surface area contributed by atoms with Crippen LogP contribution in [0, 0.1) is 46.8 Å². The maximum Gasteiger partial charge on any atom is 0.302 e. The quantitative estimate of drug-likeness (QED) is 0.466. The van der Waals surface area contributed by atoms with Gasteiger partial charge in [0.05, 0.1) is 11.2 Å². The van der Waals surface area contributed by atoms with E-state index in [1.165, 1.54) is 51.9 Å². The minimum Gasteiger partial charge on any atom is -0.462 e. The summed E-state index contributed by atoms with van der Waals surface area (Å²) in [6.07, 6.45) is 11.5. The monoisotopic (exact) mass is 462 g/mol. The van der Waals surface area contributed by atoms with Crippen LogP contribution in [0.15, 0.2) is 0 Å². The van der Waals surface area contributed by atoms with E-state index < -0.39 is 11.2 Å². The van der Waals surface area contributed by atoms with Gasteiger partial charge in [-0.3, -0.25) is 4.79 Å². The summed E-state index contributed by atoms with van der Waals surface area (Å²) in [7, 11) is 0. The molecule has 0 heterocycles. The lowest BCUT2D eigenvalue weighted by atomic mass is 9.45. The number of carbonyl (C=O) groups excluding carboxylic acids is 1. The molecule has 0 aromatic carbocycles. The average Bonchev–Trinajstić information content (AvgIpc) is 3.05. The maximum absolute atomic E-state index is 11.9. The van der Waals surface area contributed by atoms with Gasteiger partial charge in [0.1, 0.15) is 6.10 Å². The van der Waals surface area contributed by atoms with Crippen molar-refractivity contribution < 1.29 is 19.7 Å². The molecule has 0 saturated heterocycles. The van der Waals surface area contributed by atoms with Gasteiger partial charge in [0, 0.05) is 13.3 Å². The van der Waals surface area contributed by atoms with Crippen molar-refractivity contribution in [2.45, 2.75) is 129 Å². The topological polar surface area (TPSA) is 66.8 Å². The Bertz CT molecular complexity index is 716. The molecule has 4 nitrogen and oxygen atoms in total. The van der Waals surface area contributed by atoms with Gasteiger partial charge in [-0.05, 0) is 98.7 Å². The predicted octanol–water partition coefficient (Wildman–Crippen LogP) is 6.13. The summed E-state index contributed by atoms with van der Waals surface area (Å²) in [5, 5.41) is 23.6. The number of hydrogen-bond donors (Lipinski definition) is 2. The Morgan fingerprint density at radius 2 is 1.64 bits per heavy atom. The van der Waals surface area contributed by atoms with Crippen LogP contribution < -0.4 is 0 Å². The molecule has 4 heteroatoms. The molecule has 4 saturated carbocycles. The number of ether oxygens (including phenoxy) is 1. The molecular formula is C29H50O4. The van der Waals surface area contributed by atoms with Crippen molar-refractivity contribution in [2.24, 2.45) is 46.8 Å². The summed E-state index contributed by atoms with van der Waals surface area (Å²) in [5.41, 5.74) is -1.90. The summed E-state index contributed by atoms with van der Waals surface area (Å²) in [4.78, 5) is 11.5. The van der Waals surface area contributed by atoms with Crippen LogP contribution >= 0.6 is 0 Å². The molecule has 4 rings (SSSR count). The van der Waals surface area contributed by atoms with E-state index in [1.807, 2.05) is 6.92 Å². The molecule has 2 N–H and O–H groups in total. The first-order chi connectivity index (χ1) is 15.4. The summed E-state index contributed by atoms with van der Waals surface area (Å²) < 4.78 is 5.50. The molecule has 4 aliphatic rings. The number of hydrogen-bond acceptors (Lipinski definition) is 4. The summed E-state index contributed by atoms with van der Waals surface area (Å²) in [6, 6.07) is 0. The van der Waals surface area contributed by atoms with Crippen LogP contribution in [0.5, 0.6) is 0 Å². The molecule has 0 aromatic heterocycles. The van der Waals surface area contributed by atoms with Crippen molar-refractivity contribution in [3.8, 4) is 0 Å². The van der Waals surface area contributed by atoms with Gasteiger partial charge in [0.15, 0.2) is 0 Å². The van der Waals surface area contributed by atoms with Crippen LogP contribution in [0.2, 0.25) is 0 Å². The lowest BCUT2D eigenvalue weighted by Crippen LogP contribution is -2.68. The van der Waals surface area contributed by atoms with E-state index >= 15 is 0 Å². The molecule has 0 aliphatic heterocycles. The average molecular weight is 463 g/mol. The van der Waals surface area contributed by atoms with Crippen molar-refractivity contribution in [1.29, 1.82) is 0 Å². The predicted molar refractivity (Wildman–Crippen MR) is 131 cm³/mol. The van der Waals surface area contributed by atoms with Gasteiger partial charge in [0.2, 0.25) is 0 Å². The summed E-state index contributed by atoms with van der Waals surface area (Å²) >= 11 is 0. The van der Waals surface area contributed by atoms with Gasteiger partial charge >= 0.3 is 5.97 Å². The fraction of sp³-hybridized carbons (Fsp3) is 0.966. The van der Waals surface area contributed by atoms with E-state index in [0.717, 1.165) is 30.6 Å². The second-order valence-electron chi connectivity index (χ2n) is 13.5. The highest BCUT2D eigenvalue weighted by molar-refractivity contribution is 5.66. The molecule has 10 atom stereocenters. The smallest absolute Gasteiger partial charge is 0.302 e. The van der Waals surface area contributed by atoms with Crippen LogP contribution in [0.1, 0.15) is 112 Å².